The van der Waals surface area contributed by atoms with Gasteiger partial charge in [-0.05, 0) is 22.0 Å². The van der Waals surface area contributed by atoms with Gasteiger partial charge >= 0.3 is 5.97 Å². The first-order chi connectivity index (χ1) is 9.65. The Bertz CT molecular complexity index is 782. The zero-order valence-corrected chi connectivity index (χ0v) is 11.3. The van der Waals surface area contributed by atoms with Crippen molar-refractivity contribution in [2.24, 2.45) is 0 Å². The van der Waals surface area contributed by atoms with E-state index in [0.717, 1.165) is 4.47 Å². The molecule has 0 radical (unpaired) electrons. The van der Waals surface area contributed by atoms with Crippen LogP contribution in [0.15, 0.2) is 33.8 Å². The lowest BCUT2D eigenvalue weighted by Gasteiger charge is -1.93. The second-order valence-corrected chi connectivity index (χ2v) is 4.66. The van der Waals surface area contributed by atoms with E-state index in [2.05, 4.69) is 41.0 Å². The van der Waals surface area contributed by atoms with Gasteiger partial charge in [0.15, 0.2) is 5.69 Å². The Morgan fingerprint density at radius 2 is 2.25 bits per heavy atom. The van der Waals surface area contributed by atoms with Gasteiger partial charge in [-0.2, -0.15) is 4.98 Å². The van der Waals surface area contributed by atoms with Crippen LogP contribution in [-0.4, -0.2) is 36.2 Å². The zero-order valence-electron chi connectivity index (χ0n) is 9.74. The van der Waals surface area contributed by atoms with Gasteiger partial charge in [-0.25, -0.2) is 9.78 Å². The topological polar surface area (TPSA) is 118 Å². The summed E-state index contributed by atoms with van der Waals surface area (Å²) in [6, 6.07) is 1.77. The van der Waals surface area contributed by atoms with E-state index in [-0.39, 0.29) is 17.3 Å². The summed E-state index contributed by atoms with van der Waals surface area (Å²) in [4.78, 5) is 25.5. The largest absolute Gasteiger partial charge is 0.476 e. The van der Waals surface area contributed by atoms with Crippen molar-refractivity contribution in [2.45, 2.75) is 0 Å². The lowest BCUT2D eigenvalue weighted by Crippen LogP contribution is -1.99. The van der Waals surface area contributed by atoms with Gasteiger partial charge in [0.25, 0.3) is 5.89 Å². The van der Waals surface area contributed by atoms with E-state index >= 15 is 0 Å². The van der Waals surface area contributed by atoms with Crippen molar-refractivity contribution >= 4 is 21.9 Å². The van der Waals surface area contributed by atoms with E-state index < -0.39 is 5.97 Å². The number of carbonyl (C=O) groups is 1. The van der Waals surface area contributed by atoms with E-state index in [1.165, 1.54) is 6.33 Å². The number of nitrogens with zero attached hydrogens (tertiary/aromatic N) is 4. The molecule has 0 aliphatic heterocycles. The monoisotopic (exact) mass is 335 g/mol. The van der Waals surface area contributed by atoms with Crippen LogP contribution in [0, 0.1) is 0 Å². The molecule has 0 saturated carbocycles. The van der Waals surface area contributed by atoms with Crippen LogP contribution in [0.25, 0.3) is 23.0 Å². The first-order valence-electron chi connectivity index (χ1n) is 5.37. The SMILES string of the molecule is O=C(O)c1nc[nH]c1-c1nc(-c2cncc(Br)c2)no1. The quantitative estimate of drug-likeness (QED) is 0.751. The number of pyridine rings is 1. The summed E-state index contributed by atoms with van der Waals surface area (Å²) in [5, 5.41) is 12.8. The van der Waals surface area contributed by atoms with Crippen molar-refractivity contribution in [1.82, 2.24) is 25.1 Å². The number of halogens is 1. The normalized spacial score (nSPS) is 10.7. The highest BCUT2D eigenvalue weighted by atomic mass is 79.9. The Morgan fingerprint density at radius 1 is 1.40 bits per heavy atom. The molecule has 0 spiro atoms. The minimum absolute atomic E-state index is 0.0508. The van der Waals surface area contributed by atoms with Gasteiger partial charge in [0, 0.05) is 22.4 Å². The lowest BCUT2D eigenvalue weighted by atomic mass is 10.3. The fourth-order valence-corrected chi connectivity index (χ4v) is 1.96. The fourth-order valence-electron chi connectivity index (χ4n) is 1.60. The van der Waals surface area contributed by atoms with Crippen LogP contribution in [0.1, 0.15) is 10.5 Å². The Morgan fingerprint density at radius 3 is 3.00 bits per heavy atom. The number of nitrogens with one attached hydrogen (secondary N) is 1. The molecule has 0 saturated heterocycles. The van der Waals surface area contributed by atoms with Crippen molar-refractivity contribution < 1.29 is 14.4 Å². The highest BCUT2D eigenvalue weighted by Crippen LogP contribution is 2.23. The van der Waals surface area contributed by atoms with Gasteiger partial charge in [0.2, 0.25) is 5.82 Å². The molecule has 0 amide bonds. The van der Waals surface area contributed by atoms with Crippen LogP contribution in [-0.2, 0) is 0 Å². The molecule has 0 aliphatic rings. The van der Waals surface area contributed by atoms with Crippen molar-refractivity contribution in [3.05, 3.63) is 35.0 Å². The molecule has 8 nitrogen and oxygen atoms in total. The molecule has 0 aromatic carbocycles. The predicted octanol–water partition coefficient (Wildman–Crippen LogP) is 1.98. The number of aromatic nitrogens is 5. The summed E-state index contributed by atoms with van der Waals surface area (Å²) in [5.74, 6) is -0.820. The van der Waals surface area contributed by atoms with Crippen LogP contribution in [0.2, 0.25) is 0 Å². The molecule has 0 fully saturated rings. The van der Waals surface area contributed by atoms with Gasteiger partial charge < -0.3 is 14.6 Å². The van der Waals surface area contributed by atoms with E-state index in [9.17, 15) is 4.79 Å². The number of aromatic amines is 1. The Hall–Kier alpha value is -2.55. The minimum Gasteiger partial charge on any atom is -0.476 e. The lowest BCUT2D eigenvalue weighted by molar-refractivity contribution is 0.0691. The molecule has 0 unspecified atom stereocenters. The number of carboxylic acid groups (broad SMARTS) is 1. The summed E-state index contributed by atoms with van der Waals surface area (Å²) < 4.78 is 5.83. The second-order valence-electron chi connectivity index (χ2n) is 3.75. The molecule has 2 N–H and O–H groups in total. The number of H-pyrrole nitrogens is 1. The number of rotatable bonds is 3. The molecule has 3 heterocycles. The Kier molecular flexibility index (Phi) is 3.03. The Balaban J connectivity index is 2.02. The van der Waals surface area contributed by atoms with Crippen molar-refractivity contribution in [3.63, 3.8) is 0 Å². The molecule has 3 rings (SSSR count). The third-order valence-electron chi connectivity index (χ3n) is 2.44. The third-order valence-corrected chi connectivity index (χ3v) is 2.88. The smallest absolute Gasteiger partial charge is 0.356 e. The summed E-state index contributed by atoms with van der Waals surface area (Å²) in [6.45, 7) is 0. The number of hydrogen-bond donors (Lipinski definition) is 2. The molecule has 0 aliphatic carbocycles. The minimum atomic E-state index is -1.18. The van der Waals surface area contributed by atoms with Gasteiger partial charge in [-0.3, -0.25) is 4.98 Å². The number of imidazole rings is 1. The van der Waals surface area contributed by atoms with Gasteiger partial charge in [0.1, 0.15) is 5.69 Å². The number of aromatic carboxylic acids is 1. The fraction of sp³-hybridized carbons (Fsp3) is 0. The van der Waals surface area contributed by atoms with Crippen molar-refractivity contribution in [3.8, 4) is 23.0 Å². The molecule has 20 heavy (non-hydrogen) atoms. The maximum Gasteiger partial charge on any atom is 0.356 e. The first-order valence-corrected chi connectivity index (χ1v) is 6.16. The van der Waals surface area contributed by atoms with Crippen LogP contribution < -0.4 is 0 Å². The Labute approximate surface area is 120 Å². The van der Waals surface area contributed by atoms with Crippen LogP contribution in [0.4, 0.5) is 0 Å². The molecule has 0 bridgehead atoms. The summed E-state index contributed by atoms with van der Waals surface area (Å²) in [6.07, 6.45) is 4.45. The predicted molar refractivity (Wildman–Crippen MR) is 69.8 cm³/mol. The third kappa shape index (κ3) is 2.18. The van der Waals surface area contributed by atoms with E-state index in [1.807, 2.05) is 0 Å². The van der Waals surface area contributed by atoms with Crippen molar-refractivity contribution in [2.75, 3.05) is 0 Å². The zero-order chi connectivity index (χ0) is 14.1. The summed E-state index contributed by atoms with van der Waals surface area (Å²) >= 11 is 3.29. The van der Waals surface area contributed by atoms with E-state index in [0.29, 0.717) is 11.4 Å². The standard InChI is InChI=1S/C11H6BrN5O3/c12-6-1-5(2-13-3-6)9-16-10(20-17-9)7-8(11(18)19)15-4-14-7/h1-4H,(H,14,15)(H,18,19). The average Bonchev–Trinajstić information content (AvgIpc) is 3.07. The molecular weight excluding hydrogens is 330 g/mol. The van der Waals surface area contributed by atoms with Gasteiger partial charge in [-0.1, -0.05) is 5.16 Å². The molecule has 3 aromatic rings. The first kappa shape index (κ1) is 12.5. The van der Waals surface area contributed by atoms with Gasteiger partial charge in [-0.15, -0.1) is 0 Å². The molecule has 0 atom stereocenters. The molecule has 100 valence electrons. The summed E-state index contributed by atoms with van der Waals surface area (Å²) in [7, 11) is 0. The second kappa shape index (κ2) is 4.85. The number of carboxylic acids is 1. The van der Waals surface area contributed by atoms with E-state index in [4.69, 9.17) is 9.63 Å². The summed E-state index contributed by atoms with van der Waals surface area (Å²) in [5.41, 5.74) is 0.637. The highest BCUT2D eigenvalue weighted by Gasteiger charge is 2.20. The van der Waals surface area contributed by atoms with Crippen LogP contribution in [0.3, 0.4) is 0 Å². The van der Waals surface area contributed by atoms with E-state index in [1.54, 1.807) is 18.5 Å². The molecule has 9 heteroatoms. The van der Waals surface area contributed by atoms with Crippen LogP contribution >= 0.6 is 15.9 Å². The highest BCUT2D eigenvalue weighted by molar-refractivity contribution is 9.10. The maximum absolute atomic E-state index is 11.0. The molecular formula is C11H6BrN5O3. The average molecular weight is 336 g/mol. The van der Waals surface area contributed by atoms with Crippen LogP contribution in [0.5, 0.6) is 0 Å². The number of hydrogen-bond acceptors (Lipinski definition) is 6. The van der Waals surface area contributed by atoms with Crippen molar-refractivity contribution in [1.29, 1.82) is 0 Å². The molecule has 3 aromatic heterocycles. The maximum atomic E-state index is 11.0. The van der Waals surface area contributed by atoms with Gasteiger partial charge in [0.05, 0.1) is 6.33 Å².